The third kappa shape index (κ3) is 4.39. The van der Waals surface area contributed by atoms with E-state index in [1.54, 1.807) is 0 Å². The Kier molecular flexibility index (Phi) is 5.49. The lowest BCUT2D eigenvalue weighted by molar-refractivity contribution is 0.584. The van der Waals surface area contributed by atoms with Gasteiger partial charge in [0.25, 0.3) is 0 Å². The summed E-state index contributed by atoms with van der Waals surface area (Å²) >= 11 is 0. The van der Waals surface area contributed by atoms with Crippen LogP contribution in [0.2, 0.25) is 0 Å². The number of nitrogens with zero attached hydrogens (tertiary/aromatic N) is 1. The minimum absolute atomic E-state index is 0.717. The van der Waals surface area contributed by atoms with Gasteiger partial charge in [-0.15, -0.1) is 0 Å². The third-order valence-electron chi connectivity index (χ3n) is 3.10. The lowest BCUT2D eigenvalue weighted by atomic mass is 10.0. The molecule has 0 spiro atoms. The summed E-state index contributed by atoms with van der Waals surface area (Å²) in [4.78, 5) is 2.35. The number of hydrogen-bond donors (Lipinski definition) is 1. The Bertz CT molecular complexity index is 345. The van der Waals surface area contributed by atoms with Gasteiger partial charge in [-0.1, -0.05) is 31.5 Å². The molecule has 2 heteroatoms. The number of hydrogen-bond acceptors (Lipinski definition) is 2. The Hall–Kier alpha value is -1.02. The van der Waals surface area contributed by atoms with Crippen molar-refractivity contribution in [1.82, 2.24) is 0 Å². The lowest BCUT2D eigenvalue weighted by Crippen LogP contribution is -2.22. The van der Waals surface area contributed by atoms with Crippen LogP contribution in [0.1, 0.15) is 31.4 Å². The molecule has 0 radical (unpaired) electrons. The second kappa shape index (κ2) is 6.65. The molecule has 2 nitrogen and oxygen atoms in total. The summed E-state index contributed by atoms with van der Waals surface area (Å²) in [6.45, 7) is 8.50. The Morgan fingerprint density at radius 1 is 1.29 bits per heavy atom. The normalized spacial score (nSPS) is 10.9. The summed E-state index contributed by atoms with van der Waals surface area (Å²) in [6, 6.07) is 6.66. The molecule has 0 saturated carbocycles. The van der Waals surface area contributed by atoms with Crippen molar-refractivity contribution in [3.8, 4) is 0 Å². The van der Waals surface area contributed by atoms with Gasteiger partial charge in [0, 0.05) is 19.3 Å². The maximum absolute atomic E-state index is 5.68. The van der Waals surface area contributed by atoms with Crippen molar-refractivity contribution in [2.24, 2.45) is 11.7 Å². The van der Waals surface area contributed by atoms with Gasteiger partial charge in [-0.3, -0.25) is 0 Å². The topological polar surface area (TPSA) is 29.3 Å². The predicted molar refractivity (Wildman–Crippen MR) is 76.7 cm³/mol. The molecular formula is C15H26N2. The smallest absolute Gasteiger partial charge is 0.0396 e. The second-order valence-corrected chi connectivity index (χ2v) is 5.27. The standard InChI is InChI=1S/C15H26N2/c1-12(2)8-10-17(4)15-6-5-13(3)11-14(15)7-9-16/h5-6,11-12H,7-10,16H2,1-4H3. The molecule has 1 aromatic rings. The first-order valence-corrected chi connectivity index (χ1v) is 6.55. The van der Waals surface area contributed by atoms with E-state index in [1.807, 2.05) is 0 Å². The van der Waals surface area contributed by atoms with Gasteiger partial charge >= 0.3 is 0 Å². The van der Waals surface area contributed by atoms with Gasteiger partial charge in [0.2, 0.25) is 0 Å². The molecular weight excluding hydrogens is 208 g/mol. The van der Waals surface area contributed by atoms with Crippen molar-refractivity contribution in [1.29, 1.82) is 0 Å². The molecule has 2 N–H and O–H groups in total. The molecule has 96 valence electrons. The predicted octanol–water partition coefficient (Wildman–Crippen LogP) is 2.98. The number of benzene rings is 1. The maximum Gasteiger partial charge on any atom is 0.0396 e. The molecule has 0 bridgehead atoms. The highest BCUT2D eigenvalue weighted by Crippen LogP contribution is 2.22. The summed E-state index contributed by atoms with van der Waals surface area (Å²) in [5, 5.41) is 0. The number of nitrogens with two attached hydrogens (primary N) is 1. The van der Waals surface area contributed by atoms with Gasteiger partial charge in [0.1, 0.15) is 0 Å². The van der Waals surface area contributed by atoms with Crippen LogP contribution in [0.3, 0.4) is 0 Å². The molecule has 0 amide bonds. The van der Waals surface area contributed by atoms with Gasteiger partial charge in [-0.05, 0) is 43.9 Å². The van der Waals surface area contributed by atoms with Crippen LogP contribution in [0.25, 0.3) is 0 Å². The number of rotatable bonds is 6. The van der Waals surface area contributed by atoms with Crippen LogP contribution < -0.4 is 10.6 Å². The summed E-state index contributed by atoms with van der Waals surface area (Å²) in [5.41, 5.74) is 9.71. The molecule has 1 rings (SSSR count). The van der Waals surface area contributed by atoms with E-state index in [2.05, 4.69) is 50.9 Å². The summed E-state index contributed by atoms with van der Waals surface area (Å²) in [7, 11) is 2.17. The molecule has 0 aliphatic heterocycles. The SMILES string of the molecule is Cc1ccc(N(C)CCC(C)C)c(CCN)c1. The third-order valence-corrected chi connectivity index (χ3v) is 3.10. The Morgan fingerprint density at radius 3 is 2.59 bits per heavy atom. The average molecular weight is 234 g/mol. The van der Waals surface area contributed by atoms with Crippen molar-refractivity contribution in [3.63, 3.8) is 0 Å². The fourth-order valence-electron chi connectivity index (χ4n) is 2.01. The molecule has 0 aromatic heterocycles. The van der Waals surface area contributed by atoms with Crippen LogP contribution >= 0.6 is 0 Å². The van der Waals surface area contributed by atoms with Gasteiger partial charge < -0.3 is 10.6 Å². The number of aryl methyl sites for hydroxylation is 1. The zero-order chi connectivity index (χ0) is 12.8. The number of anilines is 1. The maximum atomic E-state index is 5.68. The molecule has 0 aliphatic rings. The highest BCUT2D eigenvalue weighted by Gasteiger charge is 2.07. The van der Waals surface area contributed by atoms with E-state index in [9.17, 15) is 0 Å². The molecule has 0 atom stereocenters. The van der Waals surface area contributed by atoms with E-state index in [0.717, 1.165) is 18.9 Å². The lowest BCUT2D eigenvalue weighted by Gasteiger charge is -2.23. The van der Waals surface area contributed by atoms with Gasteiger partial charge in [0.15, 0.2) is 0 Å². The minimum Gasteiger partial charge on any atom is -0.374 e. The van der Waals surface area contributed by atoms with Crippen LogP contribution in [0, 0.1) is 12.8 Å². The highest BCUT2D eigenvalue weighted by atomic mass is 15.1. The van der Waals surface area contributed by atoms with Gasteiger partial charge in [-0.2, -0.15) is 0 Å². The first-order valence-electron chi connectivity index (χ1n) is 6.55. The van der Waals surface area contributed by atoms with E-state index >= 15 is 0 Å². The molecule has 1 aromatic carbocycles. The molecule has 0 fully saturated rings. The van der Waals surface area contributed by atoms with Crippen LogP contribution in [0.4, 0.5) is 5.69 Å². The Morgan fingerprint density at radius 2 is 2.00 bits per heavy atom. The van der Waals surface area contributed by atoms with Crippen molar-refractivity contribution < 1.29 is 0 Å². The van der Waals surface area contributed by atoms with Gasteiger partial charge in [0.05, 0.1) is 0 Å². The molecule has 0 saturated heterocycles. The van der Waals surface area contributed by atoms with E-state index in [4.69, 9.17) is 5.73 Å². The van der Waals surface area contributed by atoms with Crippen molar-refractivity contribution in [2.75, 3.05) is 25.0 Å². The molecule has 0 aliphatic carbocycles. The van der Waals surface area contributed by atoms with Crippen LogP contribution in [0.5, 0.6) is 0 Å². The fraction of sp³-hybridized carbons (Fsp3) is 0.600. The molecule has 0 unspecified atom stereocenters. The zero-order valence-electron chi connectivity index (χ0n) is 11.7. The second-order valence-electron chi connectivity index (χ2n) is 5.27. The van der Waals surface area contributed by atoms with Crippen molar-refractivity contribution in [2.45, 2.75) is 33.6 Å². The Labute approximate surface area is 106 Å². The molecule has 0 heterocycles. The van der Waals surface area contributed by atoms with E-state index in [1.165, 1.54) is 23.2 Å². The summed E-state index contributed by atoms with van der Waals surface area (Å²) in [6.07, 6.45) is 2.19. The summed E-state index contributed by atoms with van der Waals surface area (Å²) in [5.74, 6) is 0.751. The average Bonchev–Trinajstić information content (AvgIpc) is 2.26. The van der Waals surface area contributed by atoms with Gasteiger partial charge in [-0.25, -0.2) is 0 Å². The van der Waals surface area contributed by atoms with E-state index < -0.39 is 0 Å². The van der Waals surface area contributed by atoms with Crippen molar-refractivity contribution in [3.05, 3.63) is 29.3 Å². The van der Waals surface area contributed by atoms with E-state index in [0.29, 0.717) is 6.54 Å². The van der Waals surface area contributed by atoms with Crippen molar-refractivity contribution >= 4 is 5.69 Å². The van der Waals surface area contributed by atoms with Crippen LogP contribution in [-0.2, 0) is 6.42 Å². The Balaban J connectivity index is 2.80. The first kappa shape index (κ1) is 14.0. The van der Waals surface area contributed by atoms with E-state index in [-0.39, 0.29) is 0 Å². The monoisotopic (exact) mass is 234 g/mol. The largest absolute Gasteiger partial charge is 0.374 e. The highest BCUT2D eigenvalue weighted by molar-refractivity contribution is 5.54. The minimum atomic E-state index is 0.717. The molecule has 17 heavy (non-hydrogen) atoms. The van der Waals surface area contributed by atoms with Crippen LogP contribution in [0.15, 0.2) is 18.2 Å². The quantitative estimate of drug-likeness (QED) is 0.820. The van der Waals surface area contributed by atoms with Crippen LogP contribution in [-0.4, -0.2) is 20.1 Å². The fourth-order valence-corrected chi connectivity index (χ4v) is 2.01. The summed E-state index contributed by atoms with van der Waals surface area (Å²) < 4.78 is 0. The zero-order valence-corrected chi connectivity index (χ0v) is 11.7. The first-order chi connectivity index (χ1) is 8.04.